The van der Waals surface area contributed by atoms with Crippen molar-refractivity contribution >= 4 is 19.8 Å². The molecule has 0 saturated heterocycles. The third-order valence-electron chi connectivity index (χ3n) is 11.9. The number of phosphoric ester groups is 1. The van der Waals surface area contributed by atoms with Crippen LogP contribution < -0.4 is 0 Å². The maximum atomic E-state index is 12.7. The van der Waals surface area contributed by atoms with Gasteiger partial charge < -0.3 is 24.6 Å². The lowest BCUT2D eigenvalue weighted by molar-refractivity contribution is -0.161. The van der Waals surface area contributed by atoms with E-state index in [1.807, 2.05) is 0 Å². The topological polar surface area (TPSA) is 149 Å². The quantitative estimate of drug-likeness (QED) is 0.0233. The Morgan fingerprint density at radius 2 is 0.778 bits per heavy atom. The number of rotatable bonds is 51. The smallest absolute Gasteiger partial charge is 0.462 e. The molecule has 374 valence electrons. The van der Waals surface area contributed by atoms with Crippen LogP contribution >= 0.6 is 7.82 Å². The van der Waals surface area contributed by atoms with Gasteiger partial charge in [-0.25, -0.2) is 4.57 Å². The second-order valence-electron chi connectivity index (χ2n) is 18.3. The molecule has 10 nitrogen and oxygen atoms in total. The van der Waals surface area contributed by atoms with Crippen molar-refractivity contribution in [1.82, 2.24) is 0 Å². The van der Waals surface area contributed by atoms with E-state index in [1.165, 1.54) is 199 Å². The number of hydrogen-bond donors (Lipinski definition) is 3. The van der Waals surface area contributed by atoms with Crippen LogP contribution in [0.2, 0.25) is 0 Å². The van der Waals surface area contributed by atoms with Gasteiger partial charge in [0.2, 0.25) is 0 Å². The fraction of sp³-hybridized carbons (Fsp3) is 0.923. The molecule has 1 unspecified atom stereocenters. The van der Waals surface area contributed by atoms with Crippen LogP contribution in [0, 0.1) is 0 Å². The number of hydrogen-bond acceptors (Lipinski definition) is 9. The minimum Gasteiger partial charge on any atom is -0.462 e. The highest BCUT2D eigenvalue weighted by atomic mass is 31.2. The van der Waals surface area contributed by atoms with Gasteiger partial charge in [-0.3, -0.25) is 18.6 Å². The van der Waals surface area contributed by atoms with Crippen LogP contribution in [0.4, 0.5) is 0 Å². The lowest BCUT2D eigenvalue weighted by Gasteiger charge is -2.20. The maximum absolute atomic E-state index is 12.7. The third kappa shape index (κ3) is 48.5. The van der Waals surface area contributed by atoms with Crippen molar-refractivity contribution in [3.8, 4) is 0 Å². The molecule has 0 aromatic heterocycles. The van der Waals surface area contributed by atoms with Crippen molar-refractivity contribution < 1.29 is 47.8 Å². The molecule has 3 atom stereocenters. The fourth-order valence-electron chi connectivity index (χ4n) is 7.82. The van der Waals surface area contributed by atoms with Crippen molar-refractivity contribution in [3.05, 3.63) is 12.2 Å². The second kappa shape index (κ2) is 48.6. The number of aliphatic hydroxyl groups excluding tert-OH is 2. The number of phosphoric acid groups is 1. The highest BCUT2D eigenvalue weighted by Gasteiger charge is 2.27. The Morgan fingerprint density at radius 1 is 0.460 bits per heavy atom. The van der Waals surface area contributed by atoms with E-state index in [9.17, 15) is 24.2 Å². The molecule has 0 heterocycles. The largest absolute Gasteiger partial charge is 0.472 e. The standard InChI is InChI=1S/C52H101O10P/c1-3-5-7-9-11-13-15-17-19-21-23-24-26-28-30-32-34-36-38-40-42-44-52(56)62-50(48-61-63(57,58)60-46-49(54)45-53)47-59-51(55)43-41-39-37-35-33-31-29-27-25-22-20-18-16-14-12-10-8-6-4-2/h17,19,49-50,53-54H,3-16,18,20-48H2,1-2H3,(H,57,58)/b19-17+/t49-,50+/m0/s1. The highest BCUT2D eigenvalue weighted by molar-refractivity contribution is 7.47. The molecule has 0 aromatic rings. The zero-order chi connectivity index (χ0) is 46.2. The van der Waals surface area contributed by atoms with Crippen molar-refractivity contribution in [3.63, 3.8) is 0 Å². The molecular formula is C52H101O10P. The average Bonchev–Trinajstić information content (AvgIpc) is 3.27. The Kier molecular flexibility index (Phi) is 47.6. The summed E-state index contributed by atoms with van der Waals surface area (Å²) in [7, 11) is -4.62. The third-order valence-corrected chi connectivity index (χ3v) is 12.9. The molecule has 0 radical (unpaired) electrons. The number of aliphatic hydroxyl groups is 2. The van der Waals surface area contributed by atoms with Crippen LogP contribution in [0.1, 0.15) is 271 Å². The monoisotopic (exact) mass is 917 g/mol. The number of carbonyl (C=O) groups excluding carboxylic acids is 2. The van der Waals surface area contributed by atoms with E-state index in [1.54, 1.807) is 0 Å². The number of esters is 2. The van der Waals surface area contributed by atoms with Crippen molar-refractivity contribution in [2.45, 2.75) is 283 Å². The number of allylic oxidation sites excluding steroid dienone is 2. The molecule has 3 N–H and O–H groups in total. The molecular weight excluding hydrogens is 816 g/mol. The summed E-state index contributed by atoms with van der Waals surface area (Å²) in [5.41, 5.74) is 0. The van der Waals surface area contributed by atoms with Crippen molar-refractivity contribution in [2.24, 2.45) is 0 Å². The molecule has 0 rings (SSSR count). The first kappa shape index (κ1) is 61.7. The number of ether oxygens (including phenoxy) is 2. The summed E-state index contributed by atoms with van der Waals surface area (Å²) >= 11 is 0. The first-order valence-electron chi connectivity index (χ1n) is 26.6. The van der Waals surface area contributed by atoms with Crippen molar-refractivity contribution in [2.75, 3.05) is 26.4 Å². The van der Waals surface area contributed by atoms with Gasteiger partial charge in [0.15, 0.2) is 6.10 Å². The number of carbonyl (C=O) groups is 2. The zero-order valence-corrected chi connectivity index (χ0v) is 42.0. The van der Waals surface area contributed by atoms with Gasteiger partial charge in [0, 0.05) is 12.8 Å². The summed E-state index contributed by atoms with van der Waals surface area (Å²) in [5.74, 6) is -0.907. The first-order valence-corrected chi connectivity index (χ1v) is 28.1. The highest BCUT2D eigenvalue weighted by Crippen LogP contribution is 2.43. The van der Waals surface area contributed by atoms with E-state index in [0.29, 0.717) is 12.8 Å². The Morgan fingerprint density at radius 3 is 1.14 bits per heavy atom. The minimum atomic E-state index is -4.62. The van der Waals surface area contributed by atoms with Gasteiger partial charge in [-0.15, -0.1) is 0 Å². The zero-order valence-electron chi connectivity index (χ0n) is 41.1. The average molecular weight is 917 g/mol. The SMILES string of the molecule is CCCCCCCC/C=C/CCCCCCCCCCCCCC(=O)O[C@H](COC(=O)CCCCCCCCCCCCCCCCCCCCC)COP(=O)(O)OC[C@@H](O)CO. The summed E-state index contributed by atoms with van der Waals surface area (Å²) in [4.78, 5) is 35.2. The van der Waals surface area contributed by atoms with Gasteiger partial charge in [0.25, 0.3) is 0 Å². The van der Waals surface area contributed by atoms with Crippen LogP contribution in [-0.4, -0.2) is 65.7 Å². The molecule has 0 bridgehead atoms. The van der Waals surface area contributed by atoms with E-state index in [0.717, 1.165) is 32.1 Å². The minimum absolute atomic E-state index is 0.189. The van der Waals surface area contributed by atoms with Gasteiger partial charge in [0.1, 0.15) is 12.7 Å². The Bertz CT molecular complexity index is 1060. The lowest BCUT2D eigenvalue weighted by atomic mass is 10.0. The Labute approximate surface area is 387 Å². The van der Waals surface area contributed by atoms with Gasteiger partial charge in [-0.1, -0.05) is 231 Å². The maximum Gasteiger partial charge on any atom is 0.472 e. The lowest BCUT2D eigenvalue weighted by Crippen LogP contribution is -2.29. The second-order valence-corrected chi connectivity index (χ2v) is 19.7. The molecule has 0 saturated carbocycles. The van der Waals surface area contributed by atoms with E-state index in [4.69, 9.17) is 23.6 Å². The van der Waals surface area contributed by atoms with Gasteiger partial charge in [0.05, 0.1) is 19.8 Å². The Balaban J connectivity index is 4.12. The normalized spacial score (nSPS) is 13.7. The van der Waals surface area contributed by atoms with E-state index in [2.05, 4.69) is 26.0 Å². The van der Waals surface area contributed by atoms with Crippen LogP contribution in [-0.2, 0) is 32.7 Å². The van der Waals surface area contributed by atoms with Crippen LogP contribution in [0.25, 0.3) is 0 Å². The van der Waals surface area contributed by atoms with Crippen LogP contribution in [0.5, 0.6) is 0 Å². The summed E-state index contributed by atoms with van der Waals surface area (Å²) in [6, 6.07) is 0. The van der Waals surface area contributed by atoms with Crippen molar-refractivity contribution in [1.29, 1.82) is 0 Å². The van der Waals surface area contributed by atoms with E-state index >= 15 is 0 Å². The predicted octanol–water partition coefficient (Wildman–Crippen LogP) is 15.1. The van der Waals surface area contributed by atoms with E-state index in [-0.39, 0.29) is 19.4 Å². The molecule has 0 fully saturated rings. The molecule has 0 spiro atoms. The summed E-state index contributed by atoms with van der Waals surface area (Å²) in [6.07, 6.45) is 50.4. The van der Waals surface area contributed by atoms with Crippen LogP contribution in [0.15, 0.2) is 12.2 Å². The molecule has 0 aliphatic heterocycles. The summed E-state index contributed by atoms with van der Waals surface area (Å²) in [6.45, 7) is 2.44. The van der Waals surface area contributed by atoms with E-state index < -0.39 is 51.8 Å². The Hall–Kier alpha value is -1.29. The molecule has 63 heavy (non-hydrogen) atoms. The fourth-order valence-corrected chi connectivity index (χ4v) is 8.60. The molecule has 0 aromatic carbocycles. The number of unbranched alkanes of at least 4 members (excludes halogenated alkanes) is 35. The van der Waals surface area contributed by atoms with Crippen LogP contribution in [0.3, 0.4) is 0 Å². The molecule has 0 aliphatic carbocycles. The molecule has 0 amide bonds. The summed E-state index contributed by atoms with van der Waals surface area (Å²) < 4.78 is 32.9. The molecule has 0 aliphatic rings. The van der Waals surface area contributed by atoms with Gasteiger partial charge in [-0.2, -0.15) is 0 Å². The van der Waals surface area contributed by atoms with Gasteiger partial charge >= 0.3 is 19.8 Å². The first-order chi connectivity index (χ1) is 30.7. The molecule has 11 heteroatoms. The van der Waals surface area contributed by atoms with Gasteiger partial charge in [-0.05, 0) is 38.5 Å². The summed E-state index contributed by atoms with van der Waals surface area (Å²) in [5, 5.41) is 18.4. The predicted molar refractivity (Wildman–Crippen MR) is 261 cm³/mol.